The van der Waals surface area contributed by atoms with E-state index in [0.717, 1.165) is 31.9 Å². The maximum Gasteiger partial charge on any atom is 0.320 e. The van der Waals surface area contributed by atoms with Gasteiger partial charge in [0.1, 0.15) is 15.9 Å². The molecular weight excluding hydrogens is 254 g/mol. The molecule has 18 heavy (non-hydrogen) atoms. The van der Waals surface area contributed by atoms with Crippen LogP contribution >= 0.6 is 0 Å². The third-order valence-electron chi connectivity index (χ3n) is 3.37. The molecule has 1 aliphatic rings. The van der Waals surface area contributed by atoms with Gasteiger partial charge in [-0.1, -0.05) is 25.7 Å². The molecule has 0 spiro atoms. The first-order chi connectivity index (χ1) is 8.38. The minimum absolute atomic E-state index is 0.0797. The highest BCUT2D eigenvalue weighted by Gasteiger charge is 2.23. The molecule has 0 bridgehead atoms. The summed E-state index contributed by atoms with van der Waals surface area (Å²) in [5.41, 5.74) is 0. The molecule has 106 valence electrons. The molecule has 1 saturated carbocycles. The molecule has 1 rings (SSSR count). The molecule has 5 nitrogen and oxygen atoms in total. The minimum atomic E-state index is -3.10. The van der Waals surface area contributed by atoms with E-state index in [1.165, 1.54) is 12.8 Å². The van der Waals surface area contributed by atoms with Crippen molar-refractivity contribution in [3.8, 4) is 0 Å². The first-order valence-electron chi connectivity index (χ1n) is 6.55. The Hall–Kier alpha value is -0.620. The Labute approximate surface area is 109 Å². The molecule has 1 aliphatic carbocycles. The highest BCUT2D eigenvalue weighted by Crippen LogP contribution is 2.18. The molecular formula is C12H23NO4S. The van der Waals surface area contributed by atoms with Crippen molar-refractivity contribution in [3.63, 3.8) is 0 Å². The van der Waals surface area contributed by atoms with Gasteiger partial charge in [0.15, 0.2) is 0 Å². The molecule has 0 aromatic heterocycles. The van der Waals surface area contributed by atoms with Gasteiger partial charge in [0.2, 0.25) is 0 Å². The number of nitrogens with one attached hydrogen (secondary N) is 1. The van der Waals surface area contributed by atoms with Crippen molar-refractivity contribution in [2.45, 2.75) is 57.0 Å². The highest BCUT2D eigenvalue weighted by atomic mass is 32.2. The van der Waals surface area contributed by atoms with Gasteiger partial charge in [-0.3, -0.25) is 4.79 Å². The molecule has 0 saturated heterocycles. The van der Waals surface area contributed by atoms with E-state index >= 15 is 0 Å². The first-order valence-corrected chi connectivity index (χ1v) is 8.61. The summed E-state index contributed by atoms with van der Waals surface area (Å²) >= 11 is 0. The van der Waals surface area contributed by atoms with Crippen molar-refractivity contribution in [2.75, 3.05) is 12.0 Å². The van der Waals surface area contributed by atoms with Gasteiger partial charge in [-0.25, -0.2) is 8.42 Å². The number of hydrogen-bond donors (Lipinski definition) is 2. The molecule has 0 radical (unpaired) electrons. The summed E-state index contributed by atoms with van der Waals surface area (Å²) in [5.74, 6) is -1.04. The van der Waals surface area contributed by atoms with Crippen LogP contribution in [0.4, 0.5) is 0 Å². The average molecular weight is 277 g/mol. The first kappa shape index (κ1) is 15.4. The van der Waals surface area contributed by atoms with Crippen LogP contribution in [-0.2, 0) is 14.6 Å². The molecule has 1 fully saturated rings. The second-order valence-electron chi connectivity index (χ2n) is 5.16. The lowest BCUT2D eigenvalue weighted by molar-refractivity contribution is -0.139. The molecule has 0 heterocycles. The predicted octanol–water partition coefficient (Wildman–Crippen LogP) is 1.19. The normalized spacial score (nSPS) is 20.3. The lowest BCUT2D eigenvalue weighted by Gasteiger charge is -2.21. The van der Waals surface area contributed by atoms with Gasteiger partial charge in [-0.15, -0.1) is 0 Å². The Morgan fingerprint density at radius 3 is 2.28 bits per heavy atom. The fourth-order valence-corrected chi connectivity index (χ4v) is 3.00. The van der Waals surface area contributed by atoms with E-state index in [9.17, 15) is 13.2 Å². The predicted molar refractivity (Wildman–Crippen MR) is 70.4 cm³/mol. The van der Waals surface area contributed by atoms with E-state index in [4.69, 9.17) is 5.11 Å². The van der Waals surface area contributed by atoms with Crippen molar-refractivity contribution >= 4 is 15.8 Å². The molecule has 0 aliphatic heterocycles. The van der Waals surface area contributed by atoms with Crippen molar-refractivity contribution in [1.29, 1.82) is 0 Å². The van der Waals surface area contributed by atoms with Crippen molar-refractivity contribution in [2.24, 2.45) is 0 Å². The number of rotatable bonds is 6. The van der Waals surface area contributed by atoms with Crippen LogP contribution in [-0.4, -0.2) is 43.6 Å². The number of hydrogen-bond acceptors (Lipinski definition) is 4. The number of sulfone groups is 1. The van der Waals surface area contributed by atoms with E-state index in [1.54, 1.807) is 0 Å². The van der Waals surface area contributed by atoms with Crippen molar-refractivity contribution in [3.05, 3.63) is 0 Å². The third-order valence-corrected chi connectivity index (χ3v) is 4.34. The number of carboxylic acids is 1. The Morgan fingerprint density at radius 2 is 1.83 bits per heavy atom. The maximum atomic E-state index is 11.1. The Morgan fingerprint density at radius 1 is 1.28 bits per heavy atom. The van der Waals surface area contributed by atoms with Crippen LogP contribution in [0.15, 0.2) is 0 Å². The van der Waals surface area contributed by atoms with Crippen LogP contribution in [0.2, 0.25) is 0 Å². The van der Waals surface area contributed by atoms with E-state index in [2.05, 4.69) is 5.32 Å². The minimum Gasteiger partial charge on any atom is -0.480 e. The lowest BCUT2D eigenvalue weighted by Crippen LogP contribution is -2.44. The average Bonchev–Trinajstić information content (AvgIpc) is 2.50. The van der Waals surface area contributed by atoms with Gasteiger partial charge in [-0.2, -0.15) is 0 Å². The second-order valence-corrected chi connectivity index (χ2v) is 7.42. The van der Waals surface area contributed by atoms with Crippen LogP contribution in [0.25, 0.3) is 0 Å². The fraction of sp³-hybridized carbons (Fsp3) is 0.917. The summed E-state index contributed by atoms with van der Waals surface area (Å²) in [6.07, 6.45) is 7.91. The number of aliphatic carboxylic acids is 1. The van der Waals surface area contributed by atoms with Gasteiger partial charge in [0.25, 0.3) is 0 Å². The zero-order valence-electron chi connectivity index (χ0n) is 10.9. The number of carbonyl (C=O) groups is 1. The standard InChI is InChI=1S/C12H23NO4S/c1-18(16,17)9-8-11(12(14)15)13-10-6-4-2-3-5-7-10/h10-11,13H,2-9H2,1H3,(H,14,15). The molecule has 6 heteroatoms. The van der Waals surface area contributed by atoms with Gasteiger partial charge in [0.05, 0.1) is 5.75 Å². The van der Waals surface area contributed by atoms with E-state index in [-0.39, 0.29) is 18.2 Å². The van der Waals surface area contributed by atoms with Gasteiger partial charge < -0.3 is 10.4 Å². The Balaban J connectivity index is 2.48. The van der Waals surface area contributed by atoms with E-state index < -0.39 is 21.8 Å². The monoisotopic (exact) mass is 277 g/mol. The van der Waals surface area contributed by atoms with Crippen molar-refractivity contribution in [1.82, 2.24) is 5.32 Å². The summed E-state index contributed by atoms with van der Waals surface area (Å²) in [4.78, 5) is 11.1. The van der Waals surface area contributed by atoms with E-state index in [0.29, 0.717) is 0 Å². The van der Waals surface area contributed by atoms with Gasteiger partial charge >= 0.3 is 5.97 Å². The molecule has 2 N–H and O–H groups in total. The Bertz CT molecular complexity index is 358. The molecule has 0 aromatic rings. The molecule has 1 atom stereocenters. The molecule has 1 unspecified atom stereocenters. The van der Waals surface area contributed by atoms with Crippen LogP contribution in [0, 0.1) is 0 Å². The lowest BCUT2D eigenvalue weighted by atomic mass is 10.1. The van der Waals surface area contributed by atoms with Gasteiger partial charge in [-0.05, 0) is 19.3 Å². The van der Waals surface area contributed by atoms with Crippen LogP contribution in [0.1, 0.15) is 44.9 Å². The van der Waals surface area contributed by atoms with Gasteiger partial charge in [0, 0.05) is 12.3 Å². The Kier molecular flexibility index (Phi) is 6.08. The van der Waals surface area contributed by atoms with Crippen LogP contribution in [0.5, 0.6) is 0 Å². The number of carboxylic acid groups (broad SMARTS) is 1. The molecule has 0 amide bonds. The summed E-state index contributed by atoms with van der Waals surface area (Å²) < 4.78 is 22.2. The van der Waals surface area contributed by atoms with Crippen LogP contribution in [0.3, 0.4) is 0 Å². The SMILES string of the molecule is CS(=O)(=O)CCC(NC1CCCCCC1)C(=O)O. The van der Waals surface area contributed by atoms with E-state index in [1.807, 2.05) is 0 Å². The van der Waals surface area contributed by atoms with Crippen LogP contribution < -0.4 is 5.32 Å². The maximum absolute atomic E-state index is 11.1. The second kappa shape index (κ2) is 7.09. The summed E-state index contributed by atoms with van der Waals surface area (Å²) in [5, 5.41) is 12.2. The highest BCUT2D eigenvalue weighted by molar-refractivity contribution is 7.90. The fourth-order valence-electron chi connectivity index (χ4n) is 2.34. The zero-order chi connectivity index (χ0) is 13.6. The summed E-state index contributed by atoms with van der Waals surface area (Å²) in [7, 11) is -3.10. The third kappa shape index (κ3) is 6.35. The topological polar surface area (TPSA) is 83.5 Å². The quantitative estimate of drug-likeness (QED) is 0.712. The summed E-state index contributed by atoms with van der Waals surface area (Å²) in [6.45, 7) is 0. The summed E-state index contributed by atoms with van der Waals surface area (Å²) in [6, 6.07) is -0.531. The molecule has 0 aromatic carbocycles. The zero-order valence-corrected chi connectivity index (χ0v) is 11.7. The largest absolute Gasteiger partial charge is 0.480 e. The smallest absolute Gasteiger partial charge is 0.320 e. The van der Waals surface area contributed by atoms with Crippen molar-refractivity contribution < 1.29 is 18.3 Å².